The number of ether oxygens (including phenoxy) is 1. The number of aliphatic hydroxyl groups excluding tert-OH is 2. The van der Waals surface area contributed by atoms with Gasteiger partial charge in [0.1, 0.15) is 0 Å². The molecule has 3 N–H and O–H groups in total. The smallest absolute Gasteiger partial charge is 0.188 e. The molecule has 176 valence electrons. The first-order valence-corrected chi connectivity index (χ1v) is 13.0. The van der Waals surface area contributed by atoms with E-state index < -0.39 is 5.79 Å². The van der Waals surface area contributed by atoms with Crippen LogP contribution in [0.25, 0.3) is 0 Å². The van der Waals surface area contributed by atoms with Gasteiger partial charge in [-0.15, -0.1) is 0 Å². The molecule has 0 aromatic heterocycles. The molecule has 5 rings (SSSR count). The maximum Gasteiger partial charge on any atom is 0.188 e. The van der Waals surface area contributed by atoms with Gasteiger partial charge in [-0.25, -0.2) is 0 Å². The first-order chi connectivity index (χ1) is 14.5. The second-order valence-electron chi connectivity index (χ2n) is 12.8. The predicted octanol–water partition coefficient (Wildman–Crippen LogP) is 4.52. The summed E-state index contributed by atoms with van der Waals surface area (Å²) in [4.78, 5) is 0. The normalized spacial score (nSPS) is 58.8. The van der Waals surface area contributed by atoms with E-state index in [1.165, 1.54) is 12.8 Å². The molecular weight excluding hydrogens is 388 g/mol. The van der Waals surface area contributed by atoms with Gasteiger partial charge in [0.25, 0.3) is 0 Å². The molecule has 4 nitrogen and oxygen atoms in total. The lowest BCUT2D eigenvalue weighted by Gasteiger charge is -2.62. The molecule has 0 aromatic rings. The van der Waals surface area contributed by atoms with E-state index in [4.69, 9.17) is 4.74 Å². The van der Waals surface area contributed by atoms with Crippen LogP contribution in [0.2, 0.25) is 0 Å². The molecule has 4 saturated carbocycles. The Morgan fingerprint density at radius 3 is 2.35 bits per heavy atom. The van der Waals surface area contributed by atoms with Gasteiger partial charge in [-0.05, 0) is 97.4 Å². The lowest BCUT2D eigenvalue weighted by molar-refractivity contribution is -0.192. The molecule has 0 radical (unpaired) electrons. The van der Waals surface area contributed by atoms with Crippen molar-refractivity contribution in [3.63, 3.8) is 0 Å². The van der Waals surface area contributed by atoms with Gasteiger partial charge in [-0.2, -0.15) is 0 Å². The average Bonchev–Trinajstić information content (AvgIpc) is 3.12. The van der Waals surface area contributed by atoms with Crippen molar-refractivity contribution >= 4 is 0 Å². The quantitative estimate of drug-likeness (QED) is 0.561. The van der Waals surface area contributed by atoms with E-state index in [0.717, 1.165) is 32.1 Å². The Bertz CT molecular complexity index is 735. The molecule has 5 fully saturated rings. The molecule has 5 aliphatic rings. The van der Waals surface area contributed by atoms with Crippen molar-refractivity contribution in [2.24, 2.45) is 52.3 Å². The Morgan fingerprint density at radius 1 is 0.935 bits per heavy atom. The number of aliphatic hydroxyl groups is 3. The number of hydrogen-bond donors (Lipinski definition) is 3. The number of fused-ring (bicyclic) bond motifs is 7. The summed E-state index contributed by atoms with van der Waals surface area (Å²) in [5.74, 6) is 1.67. The minimum Gasteiger partial charge on any atom is -0.393 e. The van der Waals surface area contributed by atoms with Crippen LogP contribution in [0.3, 0.4) is 0 Å². The largest absolute Gasteiger partial charge is 0.393 e. The Kier molecular flexibility index (Phi) is 5.26. The third-order valence-electron chi connectivity index (χ3n) is 11.0. The van der Waals surface area contributed by atoms with Crippen molar-refractivity contribution in [2.45, 2.75) is 104 Å². The third kappa shape index (κ3) is 3.15. The standard InChI is InChI=1S/C27H44O4/c1-15(2)6-11-27(30)16(3)24-23(31-27)14-20-18-13-22(29)21-12-17(28)7-9-25(21,4)19(18)8-10-26(20,24)5/h6,11,15-24,28-30H,7-10,12-14H2,1-5H3/b11-6+/t16-,17-,18+,19-,20-,21+,22-,23-,24-,25+,26-,27+/m0/s1. The van der Waals surface area contributed by atoms with E-state index in [-0.39, 0.29) is 41.0 Å². The second kappa shape index (κ2) is 7.29. The highest BCUT2D eigenvalue weighted by atomic mass is 16.6. The van der Waals surface area contributed by atoms with Crippen LogP contribution in [0.5, 0.6) is 0 Å². The summed E-state index contributed by atoms with van der Waals surface area (Å²) >= 11 is 0. The topological polar surface area (TPSA) is 69.9 Å². The van der Waals surface area contributed by atoms with Gasteiger partial charge in [0.2, 0.25) is 0 Å². The minimum absolute atomic E-state index is 0.0840. The second-order valence-corrected chi connectivity index (χ2v) is 12.8. The van der Waals surface area contributed by atoms with Gasteiger partial charge in [-0.3, -0.25) is 0 Å². The molecule has 1 heterocycles. The van der Waals surface area contributed by atoms with Crippen LogP contribution in [0.4, 0.5) is 0 Å². The minimum atomic E-state index is -1.15. The summed E-state index contributed by atoms with van der Waals surface area (Å²) in [6.45, 7) is 11.3. The van der Waals surface area contributed by atoms with Crippen molar-refractivity contribution in [3.05, 3.63) is 12.2 Å². The highest BCUT2D eigenvalue weighted by Gasteiger charge is 2.68. The fourth-order valence-corrected chi connectivity index (χ4v) is 9.45. The van der Waals surface area contributed by atoms with E-state index in [1.807, 2.05) is 6.08 Å². The molecule has 0 bridgehead atoms. The van der Waals surface area contributed by atoms with Gasteiger partial charge >= 0.3 is 0 Å². The summed E-state index contributed by atoms with van der Waals surface area (Å²) in [5.41, 5.74) is 0.312. The molecule has 31 heavy (non-hydrogen) atoms. The van der Waals surface area contributed by atoms with E-state index in [2.05, 4.69) is 40.7 Å². The first-order valence-electron chi connectivity index (χ1n) is 13.0. The molecule has 0 spiro atoms. The van der Waals surface area contributed by atoms with Gasteiger partial charge in [-0.1, -0.05) is 40.7 Å². The lowest BCUT2D eigenvalue weighted by Crippen LogP contribution is -2.58. The Hall–Kier alpha value is -0.420. The molecule has 0 unspecified atom stereocenters. The molecule has 1 aliphatic heterocycles. The van der Waals surface area contributed by atoms with E-state index in [1.54, 1.807) is 0 Å². The Labute approximate surface area is 188 Å². The molecule has 0 aromatic carbocycles. The predicted molar refractivity (Wildman–Crippen MR) is 121 cm³/mol. The highest BCUT2D eigenvalue weighted by molar-refractivity contribution is 5.18. The van der Waals surface area contributed by atoms with Crippen LogP contribution in [0, 0.1) is 52.3 Å². The molecule has 4 aliphatic carbocycles. The maximum atomic E-state index is 11.3. The monoisotopic (exact) mass is 432 g/mol. The number of hydrogen-bond acceptors (Lipinski definition) is 4. The molecule has 0 amide bonds. The summed E-state index contributed by atoms with van der Waals surface area (Å²) in [5, 5.41) is 32.8. The molecule has 4 heteroatoms. The number of rotatable bonds is 2. The van der Waals surface area contributed by atoms with Crippen molar-refractivity contribution in [2.75, 3.05) is 0 Å². The zero-order valence-corrected chi connectivity index (χ0v) is 20.1. The number of allylic oxidation sites excluding steroid dienone is 1. The first kappa shape index (κ1) is 22.4. The summed E-state index contributed by atoms with van der Waals surface area (Å²) < 4.78 is 6.42. The average molecular weight is 433 g/mol. The summed E-state index contributed by atoms with van der Waals surface area (Å²) in [6.07, 6.45) is 10.5. The van der Waals surface area contributed by atoms with Gasteiger partial charge in [0, 0.05) is 5.92 Å². The fraction of sp³-hybridized carbons (Fsp3) is 0.926. The van der Waals surface area contributed by atoms with Crippen LogP contribution >= 0.6 is 0 Å². The van der Waals surface area contributed by atoms with Crippen molar-refractivity contribution in [1.82, 2.24) is 0 Å². The van der Waals surface area contributed by atoms with Crippen LogP contribution in [-0.4, -0.2) is 39.4 Å². The molecule has 1 saturated heterocycles. The van der Waals surface area contributed by atoms with E-state index in [0.29, 0.717) is 29.6 Å². The lowest BCUT2D eigenvalue weighted by atomic mass is 9.43. The van der Waals surface area contributed by atoms with Crippen LogP contribution in [-0.2, 0) is 4.74 Å². The van der Waals surface area contributed by atoms with Gasteiger partial charge in [0.15, 0.2) is 5.79 Å². The van der Waals surface area contributed by atoms with Crippen LogP contribution in [0.1, 0.15) is 79.6 Å². The molecular formula is C27H44O4. The van der Waals surface area contributed by atoms with Crippen LogP contribution < -0.4 is 0 Å². The van der Waals surface area contributed by atoms with E-state index in [9.17, 15) is 15.3 Å². The van der Waals surface area contributed by atoms with Gasteiger partial charge in [0.05, 0.1) is 18.3 Å². The Morgan fingerprint density at radius 2 is 1.65 bits per heavy atom. The molecule has 12 atom stereocenters. The van der Waals surface area contributed by atoms with E-state index >= 15 is 0 Å². The van der Waals surface area contributed by atoms with Crippen molar-refractivity contribution in [3.8, 4) is 0 Å². The van der Waals surface area contributed by atoms with Crippen LogP contribution in [0.15, 0.2) is 12.2 Å². The summed E-state index contributed by atoms with van der Waals surface area (Å²) in [6, 6.07) is 0. The highest BCUT2D eigenvalue weighted by Crippen LogP contribution is 2.70. The summed E-state index contributed by atoms with van der Waals surface area (Å²) in [7, 11) is 0. The maximum absolute atomic E-state index is 11.3. The third-order valence-corrected chi connectivity index (χ3v) is 11.0. The Balaban J connectivity index is 1.42. The van der Waals surface area contributed by atoms with Crippen molar-refractivity contribution in [1.29, 1.82) is 0 Å². The fourth-order valence-electron chi connectivity index (χ4n) is 9.45. The zero-order valence-electron chi connectivity index (χ0n) is 20.1. The van der Waals surface area contributed by atoms with Crippen molar-refractivity contribution < 1.29 is 20.1 Å². The zero-order chi connectivity index (χ0) is 22.3. The SMILES string of the molecule is CC(C)/C=C/[C@@]1(O)O[C@H]2C[C@H]3[C@@H]4C[C@H](O)[C@H]5C[C@@H](O)CC[C@]5(C)[C@H]4CC[C@]3(C)[C@H]2[C@@H]1C. The van der Waals surface area contributed by atoms with Gasteiger partial charge < -0.3 is 20.1 Å².